The van der Waals surface area contributed by atoms with Gasteiger partial charge in [0.2, 0.25) is 0 Å². The number of piperidine rings is 1. The number of alkyl halides is 2. The number of nitrogens with zero attached hydrogens (tertiary/aromatic N) is 5. The molecular weight excluding hydrogens is 488 g/mol. The Kier molecular flexibility index (Phi) is 7.49. The average Bonchev–Trinajstić information content (AvgIpc) is 3.05. The molecule has 4 rings (SSSR count). The van der Waals surface area contributed by atoms with E-state index < -0.39 is 32.7 Å². The van der Waals surface area contributed by atoms with E-state index in [1.807, 2.05) is 18.2 Å². The number of piperazine rings is 1. The molecule has 1 atom stereocenters. The summed E-state index contributed by atoms with van der Waals surface area (Å²) >= 11 is 0. The van der Waals surface area contributed by atoms with Gasteiger partial charge in [0.15, 0.2) is 0 Å². The van der Waals surface area contributed by atoms with Crippen molar-refractivity contribution in [2.45, 2.75) is 50.8 Å². The lowest BCUT2D eigenvalue weighted by Crippen LogP contribution is -2.62. The van der Waals surface area contributed by atoms with Gasteiger partial charge in [-0.1, -0.05) is 25.7 Å². The number of carboxylic acid groups (broad SMARTS) is 1. The van der Waals surface area contributed by atoms with Crippen LogP contribution in [0.4, 0.5) is 19.3 Å². The van der Waals surface area contributed by atoms with Crippen LogP contribution < -0.4 is 10.6 Å². The Morgan fingerprint density at radius 1 is 1.17 bits per heavy atom. The molecule has 12 heteroatoms. The number of benzene rings is 1. The number of imidazole rings is 1. The zero-order valence-corrected chi connectivity index (χ0v) is 22.5. The Bertz CT molecular complexity index is 1150. The maximum absolute atomic E-state index is 14.8. The summed E-state index contributed by atoms with van der Waals surface area (Å²) in [6.07, 6.45) is -1.19. The van der Waals surface area contributed by atoms with E-state index in [4.69, 9.17) is 9.84 Å². The molecule has 2 aromatic rings. The second-order valence-corrected chi connectivity index (χ2v) is 16.7. The fourth-order valence-electron chi connectivity index (χ4n) is 5.19. The largest absolute Gasteiger partial charge is 0.465 e. The minimum Gasteiger partial charge on any atom is -0.465 e. The fourth-order valence-corrected chi connectivity index (χ4v) is 5.95. The van der Waals surface area contributed by atoms with Gasteiger partial charge in [-0.25, -0.2) is 18.4 Å². The number of para-hydroxylation sites is 1. The van der Waals surface area contributed by atoms with Crippen molar-refractivity contribution in [3.8, 4) is 0 Å². The van der Waals surface area contributed by atoms with E-state index in [0.29, 0.717) is 32.8 Å². The number of likely N-dealkylation sites (tertiary alicyclic amines) is 1. The van der Waals surface area contributed by atoms with Gasteiger partial charge in [-0.05, 0) is 24.6 Å². The van der Waals surface area contributed by atoms with E-state index in [1.54, 1.807) is 21.1 Å². The highest BCUT2D eigenvalue weighted by atomic mass is 28.3. The van der Waals surface area contributed by atoms with Gasteiger partial charge >= 0.3 is 11.8 Å². The number of hydrogen-bond donors (Lipinski definition) is 1. The summed E-state index contributed by atoms with van der Waals surface area (Å²) in [6, 6.07) is 5.85. The number of aryl methyl sites for hydroxylation is 1. The number of anilines is 1. The predicted octanol–water partition coefficient (Wildman–Crippen LogP) is 3.16. The standard InChI is InChI=1S/C24H37F2N5O4Si/c1-27-21-18(6-5-7-19(21)31(22(27)32)17-35-14-15-36(2,3)4)28-10-12-29(13-11-28)20-8-9-30(23(33)34)16-24(20,25)26/h5-7,20H,8-17H2,1-4H3,(H,33,34)/t20-/m0/s1. The zero-order valence-electron chi connectivity index (χ0n) is 21.5. The molecule has 1 aromatic heterocycles. The van der Waals surface area contributed by atoms with Crippen molar-refractivity contribution in [1.29, 1.82) is 0 Å². The number of aromatic nitrogens is 2. The molecule has 2 aliphatic rings. The first-order valence-corrected chi connectivity index (χ1v) is 16.2. The molecule has 0 spiro atoms. The number of hydrogen-bond acceptors (Lipinski definition) is 5. The van der Waals surface area contributed by atoms with Crippen LogP contribution in [0.1, 0.15) is 6.42 Å². The molecule has 3 heterocycles. The highest BCUT2D eigenvalue weighted by molar-refractivity contribution is 6.76. The van der Waals surface area contributed by atoms with Crippen LogP contribution in [0.25, 0.3) is 11.0 Å². The third kappa shape index (κ3) is 5.45. The van der Waals surface area contributed by atoms with Gasteiger partial charge < -0.3 is 19.6 Å². The number of rotatable bonds is 7. The number of fused-ring (bicyclic) bond motifs is 1. The van der Waals surface area contributed by atoms with Gasteiger partial charge in [0.1, 0.15) is 6.73 Å². The maximum Gasteiger partial charge on any atom is 0.407 e. The van der Waals surface area contributed by atoms with Gasteiger partial charge in [-0.2, -0.15) is 0 Å². The molecule has 1 N–H and O–H groups in total. The van der Waals surface area contributed by atoms with Crippen molar-refractivity contribution in [3.63, 3.8) is 0 Å². The van der Waals surface area contributed by atoms with Crippen LogP contribution >= 0.6 is 0 Å². The molecule has 0 bridgehead atoms. The Hall–Kier alpha value is -2.44. The van der Waals surface area contributed by atoms with E-state index in [9.17, 15) is 18.4 Å². The highest BCUT2D eigenvalue weighted by Crippen LogP contribution is 2.33. The predicted molar refractivity (Wildman–Crippen MR) is 138 cm³/mol. The van der Waals surface area contributed by atoms with Crippen LogP contribution in [0.2, 0.25) is 25.7 Å². The minimum atomic E-state index is -3.09. The number of amides is 1. The third-order valence-corrected chi connectivity index (χ3v) is 8.99. The Morgan fingerprint density at radius 3 is 2.47 bits per heavy atom. The molecule has 0 unspecified atom stereocenters. The molecule has 0 radical (unpaired) electrons. The van der Waals surface area contributed by atoms with Gasteiger partial charge in [-0.15, -0.1) is 0 Å². The summed E-state index contributed by atoms with van der Waals surface area (Å²) in [6.45, 7) is 8.99. The molecule has 0 aliphatic carbocycles. The molecule has 0 saturated carbocycles. The minimum absolute atomic E-state index is 0.115. The van der Waals surface area contributed by atoms with Crippen LogP contribution in [0.15, 0.2) is 23.0 Å². The molecular formula is C24H37F2N5O4Si. The highest BCUT2D eigenvalue weighted by Gasteiger charge is 2.49. The lowest BCUT2D eigenvalue weighted by atomic mass is 9.98. The number of halogens is 2. The lowest BCUT2D eigenvalue weighted by Gasteiger charge is -2.46. The average molecular weight is 526 g/mol. The van der Waals surface area contributed by atoms with Crippen molar-refractivity contribution in [2.24, 2.45) is 7.05 Å². The quantitative estimate of drug-likeness (QED) is 0.442. The smallest absolute Gasteiger partial charge is 0.407 e. The van der Waals surface area contributed by atoms with E-state index in [-0.39, 0.29) is 25.4 Å². The lowest BCUT2D eigenvalue weighted by molar-refractivity contribution is -0.122. The van der Waals surface area contributed by atoms with Gasteiger partial charge in [-0.3, -0.25) is 14.0 Å². The first-order chi connectivity index (χ1) is 16.9. The van der Waals surface area contributed by atoms with Crippen LogP contribution in [0.3, 0.4) is 0 Å². The molecule has 200 valence electrons. The summed E-state index contributed by atoms with van der Waals surface area (Å²) in [5.41, 5.74) is 2.36. The molecule has 1 aromatic carbocycles. The van der Waals surface area contributed by atoms with E-state index in [2.05, 4.69) is 24.5 Å². The van der Waals surface area contributed by atoms with Crippen molar-refractivity contribution in [1.82, 2.24) is 18.9 Å². The van der Waals surface area contributed by atoms with E-state index >= 15 is 0 Å². The van der Waals surface area contributed by atoms with Crippen molar-refractivity contribution in [3.05, 3.63) is 28.7 Å². The molecule has 36 heavy (non-hydrogen) atoms. The SMILES string of the molecule is Cn1c(=O)n(COCC[Si](C)(C)C)c2cccc(N3CCN([C@H]4CCN(C(=O)O)CC4(F)F)CC3)c21. The van der Waals surface area contributed by atoms with Crippen molar-refractivity contribution >= 4 is 30.9 Å². The summed E-state index contributed by atoms with van der Waals surface area (Å²) in [5, 5.41) is 9.09. The molecule has 2 fully saturated rings. The van der Waals surface area contributed by atoms with E-state index in [0.717, 1.165) is 27.7 Å². The third-order valence-electron chi connectivity index (χ3n) is 7.28. The monoisotopic (exact) mass is 525 g/mol. The van der Waals surface area contributed by atoms with Crippen molar-refractivity contribution in [2.75, 3.05) is 50.8 Å². The summed E-state index contributed by atoms with van der Waals surface area (Å²) in [5.74, 6) is -3.09. The van der Waals surface area contributed by atoms with Crippen molar-refractivity contribution < 1.29 is 23.4 Å². The van der Waals surface area contributed by atoms with Crippen LogP contribution in [0, 0.1) is 0 Å². The van der Waals surface area contributed by atoms with E-state index in [1.165, 1.54) is 0 Å². The number of ether oxygens (including phenoxy) is 1. The normalized spacial score (nSPS) is 21.3. The topological polar surface area (TPSA) is 83.2 Å². The van der Waals surface area contributed by atoms with Crippen LogP contribution in [-0.4, -0.2) is 96.0 Å². The first-order valence-electron chi connectivity index (χ1n) is 12.5. The molecule has 9 nitrogen and oxygen atoms in total. The van der Waals surface area contributed by atoms with Gasteiger partial charge in [0, 0.05) is 54.5 Å². The molecule has 1 amide bonds. The summed E-state index contributed by atoms with van der Waals surface area (Å²) in [7, 11) is 0.521. The maximum atomic E-state index is 14.8. The molecule has 2 aliphatic heterocycles. The second-order valence-electron chi connectivity index (χ2n) is 11.1. The Balaban J connectivity index is 1.47. The molecule has 2 saturated heterocycles. The number of carbonyl (C=O) groups is 1. The van der Waals surface area contributed by atoms with Crippen LogP contribution in [0.5, 0.6) is 0 Å². The van der Waals surface area contributed by atoms with Crippen LogP contribution in [-0.2, 0) is 18.5 Å². The Morgan fingerprint density at radius 2 is 1.86 bits per heavy atom. The van der Waals surface area contributed by atoms with Gasteiger partial charge in [0.25, 0.3) is 5.92 Å². The zero-order chi connectivity index (χ0) is 26.3. The second kappa shape index (κ2) is 10.1. The summed E-state index contributed by atoms with van der Waals surface area (Å²) < 4.78 is 38.7. The van der Waals surface area contributed by atoms with Gasteiger partial charge in [0.05, 0.1) is 29.3 Å². The first kappa shape index (κ1) is 26.6. The Labute approximate surface area is 210 Å². The fraction of sp³-hybridized carbons (Fsp3) is 0.667. The summed E-state index contributed by atoms with van der Waals surface area (Å²) in [4.78, 5) is 28.9.